The Morgan fingerprint density at radius 3 is 2.21 bits per heavy atom. The first-order chi connectivity index (χ1) is 16.1. The van der Waals surface area contributed by atoms with Crippen molar-refractivity contribution in [1.82, 2.24) is 14.8 Å². The van der Waals surface area contributed by atoms with E-state index >= 15 is 0 Å². The zero-order chi connectivity index (χ0) is 25.3. The average Bonchev–Trinajstić information content (AvgIpc) is 3.25. The molecule has 0 aliphatic heterocycles. The van der Waals surface area contributed by atoms with Crippen LogP contribution in [0.5, 0.6) is 11.5 Å². The van der Waals surface area contributed by atoms with E-state index in [0.29, 0.717) is 23.7 Å². The molecule has 1 aromatic heterocycles. The molecular weight excluding hydrogens is 537 g/mol. The van der Waals surface area contributed by atoms with Gasteiger partial charge in [-0.25, -0.2) is 9.67 Å². The summed E-state index contributed by atoms with van der Waals surface area (Å²) in [5, 5.41) is 4.74. The van der Waals surface area contributed by atoms with Gasteiger partial charge in [0, 0.05) is 17.7 Å². The van der Waals surface area contributed by atoms with Gasteiger partial charge in [0.25, 0.3) is 0 Å². The average molecular weight is 557 g/mol. The lowest BCUT2D eigenvalue weighted by Crippen LogP contribution is -2.09. The van der Waals surface area contributed by atoms with Crippen molar-refractivity contribution in [2.75, 3.05) is 13.2 Å². The molecule has 0 saturated heterocycles. The predicted octanol–water partition coefficient (Wildman–Crippen LogP) is 8.07. The van der Waals surface area contributed by atoms with Crippen LogP contribution in [0.2, 0.25) is 10.0 Å². The van der Waals surface area contributed by atoms with Gasteiger partial charge in [-0.3, -0.25) is 0 Å². The summed E-state index contributed by atoms with van der Waals surface area (Å²) in [6, 6.07) is 7.68. The summed E-state index contributed by atoms with van der Waals surface area (Å²) >= 11 is 23.5. The molecule has 12 heteroatoms. The number of benzene rings is 2. The first-order valence-corrected chi connectivity index (χ1v) is 11.5. The largest absolute Gasteiger partial charge is 0.489 e. The second-order valence-electron chi connectivity index (χ2n) is 6.28. The normalized spacial score (nSPS) is 10.9. The highest BCUT2D eigenvalue weighted by Crippen LogP contribution is 2.37. The van der Waals surface area contributed by atoms with E-state index in [4.69, 9.17) is 55.9 Å². The Kier molecular flexibility index (Phi) is 10.8. The zero-order valence-electron chi connectivity index (χ0n) is 18.0. The van der Waals surface area contributed by atoms with Gasteiger partial charge in [-0.2, -0.15) is 18.3 Å². The van der Waals surface area contributed by atoms with Gasteiger partial charge in [0.05, 0.1) is 22.2 Å². The Balaban J connectivity index is 0.00000199. The smallest absolute Gasteiger partial charge is 0.416 e. The molecule has 0 amide bonds. The van der Waals surface area contributed by atoms with Gasteiger partial charge in [-0.05, 0) is 18.2 Å². The summed E-state index contributed by atoms with van der Waals surface area (Å²) in [5.74, 6) is 0.979. The van der Waals surface area contributed by atoms with E-state index in [2.05, 4.69) is 10.1 Å². The van der Waals surface area contributed by atoms with Crippen molar-refractivity contribution >= 4 is 46.4 Å². The quantitative estimate of drug-likeness (QED) is 0.281. The third kappa shape index (κ3) is 8.27. The second kappa shape index (κ2) is 13.1. The monoisotopic (exact) mass is 555 g/mol. The number of ether oxygens (including phenoxy) is 2. The number of aromatic nitrogens is 3. The topological polar surface area (TPSA) is 49.2 Å². The van der Waals surface area contributed by atoms with Crippen LogP contribution in [0.1, 0.15) is 19.4 Å². The fourth-order valence-corrected chi connectivity index (χ4v) is 3.25. The first-order valence-electron chi connectivity index (χ1n) is 9.96. The maximum Gasteiger partial charge on any atom is 0.416 e. The predicted molar refractivity (Wildman–Crippen MR) is 129 cm³/mol. The molecule has 0 bridgehead atoms. The molecule has 0 atom stereocenters. The van der Waals surface area contributed by atoms with Crippen LogP contribution in [0.25, 0.3) is 11.4 Å². The van der Waals surface area contributed by atoms with E-state index in [-0.39, 0.29) is 33.5 Å². The van der Waals surface area contributed by atoms with Crippen molar-refractivity contribution in [1.29, 1.82) is 0 Å². The number of alkyl halides is 3. The van der Waals surface area contributed by atoms with Crippen molar-refractivity contribution in [3.8, 4) is 22.9 Å². The molecule has 2 aromatic carbocycles. The molecular formula is C22H20Cl4F3N3O2. The first kappa shape index (κ1) is 28.1. The molecule has 0 fully saturated rings. The van der Waals surface area contributed by atoms with Gasteiger partial charge >= 0.3 is 6.18 Å². The Hall–Kier alpha value is -2.13. The molecule has 0 unspecified atom stereocenters. The van der Waals surface area contributed by atoms with Gasteiger partial charge in [0.1, 0.15) is 29.8 Å². The highest BCUT2D eigenvalue weighted by atomic mass is 35.5. The molecule has 3 aromatic rings. The molecule has 0 radical (unpaired) electrons. The zero-order valence-corrected chi connectivity index (χ0v) is 21.1. The summed E-state index contributed by atoms with van der Waals surface area (Å²) < 4.78 is 50.7. The Labute approximate surface area is 215 Å². The molecule has 0 spiro atoms. The summed E-state index contributed by atoms with van der Waals surface area (Å²) in [7, 11) is 0. The molecule has 0 saturated carbocycles. The molecule has 0 aliphatic carbocycles. The van der Waals surface area contributed by atoms with Crippen molar-refractivity contribution in [3.63, 3.8) is 0 Å². The fourth-order valence-electron chi connectivity index (χ4n) is 2.54. The van der Waals surface area contributed by atoms with Crippen LogP contribution in [-0.2, 0) is 12.7 Å². The lowest BCUT2D eigenvalue weighted by atomic mass is 10.1. The fraction of sp³-hybridized carbons (Fsp3) is 0.273. The molecule has 184 valence electrons. The standard InChI is InChI=1S/C20H14Cl4F3N3O2.C2H6/c21-15-9-14(31-7-5-17(23)24)10-16(22)18(15)32-8-6-30-11-28-19(29-30)12-1-3-13(4-2-12)20(25,26)27;1-2/h1-5,9-11H,6-8H2;1-2H3. The summed E-state index contributed by atoms with van der Waals surface area (Å²) in [6.07, 6.45) is -1.48. The van der Waals surface area contributed by atoms with Gasteiger partial charge in [0.2, 0.25) is 0 Å². The van der Waals surface area contributed by atoms with Gasteiger partial charge in [-0.15, -0.1) is 0 Å². The van der Waals surface area contributed by atoms with Gasteiger partial charge in [-0.1, -0.05) is 72.4 Å². The van der Waals surface area contributed by atoms with Crippen molar-refractivity contribution in [2.45, 2.75) is 26.6 Å². The van der Waals surface area contributed by atoms with Crippen LogP contribution in [0, 0.1) is 0 Å². The van der Waals surface area contributed by atoms with Gasteiger partial charge < -0.3 is 9.47 Å². The highest BCUT2D eigenvalue weighted by molar-refractivity contribution is 6.55. The number of nitrogens with zero attached hydrogens (tertiary/aromatic N) is 3. The van der Waals surface area contributed by atoms with Crippen LogP contribution in [0.3, 0.4) is 0 Å². The van der Waals surface area contributed by atoms with E-state index in [1.807, 2.05) is 13.8 Å². The van der Waals surface area contributed by atoms with E-state index in [1.165, 1.54) is 41.4 Å². The highest BCUT2D eigenvalue weighted by Gasteiger charge is 2.30. The van der Waals surface area contributed by atoms with Crippen molar-refractivity contribution < 1.29 is 22.6 Å². The van der Waals surface area contributed by atoms with Crippen molar-refractivity contribution in [2.24, 2.45) is 0 Å². The number of rotatable bonds is 8. The number of hydrogen-bond acceptors (Lipinski definition) is 4. The van der Waals surface area contributed by atoms with E-state index in [1.54, 1.807) is 0 Å². The molecule has 34 heavy (non-hydrogen) atoms. The Morgan fingerprint density at radius 1 is 1.03 bits per heavy atom. The third-order valence-corrected chi connectivity index (χ3v) is 4.90. The van der Waals surface area contributed by atoms with Crippen LogP contribution in [0.4, 0.5) is 13.2 Å². The third-order valence-electron chi connectivity index (χ3n) is 4.03. The molecule has 5 nitrogen and oxygen atoms in total. The minimum absolute atomic E-state index is 0.0803. The van der Waals surface area contributed by atoms with Crippen LogP contribution in [0.15, 0.2) is 53.3 Å². The van der Waals surface area contributed by atoms with E-state index in [9.17, 15) is 13.2 Å². The number of hydrogen-bond donors (Lipinski definition) is 0. The molecule has 1 heterocycles. The van der Waals surface area contributed by atoms with Crippen LogP contribution < -0.4 is 9.47 Å². The Bertz CT molecular complexity index is 1080. The lowest BCUT2D eigenvalue weighted by Gasteiger charge is -2.12. The molecule has 0 N–H and O–H groups in total. The molecule has 0 aliphatic rings. The summed E-state index contributed by atoms with van der Waals surface area (Å²) in [5.41, 5.74) is -0.275. The minimum atomic E-state index is -4.40. The number of halogens is 7. The van der Waals surface area contributed by atoms with Gasteiger partial charge in [0.15, 0.2) is 11.6 Å². The Morgan fingerprint density at radius 2 is 1.65 bits per heavy atom. The maximum absolute atomic E-state index is 12.7. The van der Waals surface area contributed by atoms with Crippen LogP contribution in [-0.4, -0.2) is 28.0 Å². The second-order valence-corrected chi connectivity index (χ2v) is 8.10. The maximum atomic E-state index is 12.7. The summed E-state index contributed by atoms with van der Waals surface area (Å²) in [6.45, 7) is 4.61. The minimum Gasteiger partial charge on any atom is -0.489 e. The van der Waals surface area contributed by atoms with E-state index in [0.717, 1.165) is 12.1 Å². The molecule has 3 rings (SSSR count). The summed E-state index contributed by atoms with van der Waals surface area (Å²) in [4.78, 5) is 4.11. The van der Waals surface area contributed by atoms with Crippen LogP contribution >= 0.6 is 46.4 Å². The SMILES string of the molecule is CC.FC(F)(F)c1ccc(-c2ncn(CCOc3c(Cl)cc(OCC=C(Cl)Cl)cc3Cl)n2)cc1. The van der Waals surface area contributed by atoms with E-state index < -0.39 is 11.7 Å². The lowest BCUT2D eigenvalue weighted by molar-refractivity contribution is -0.137. The van der Waals surface area contributed by atoms with Crippen molar-refractivity contribution in [3.05, 3.63) is 68.9 Å².